The van der Waals surface area contributed by atoms with E-state index in [0.29, 0.717) is 43.9 Å². The number of hydrogen-bond donors (Lipinski definition) is 0. The highest BCUT2D eigenvalue weighted by Crippen LogP contribution is 2.57. The lowest BCUT2D eigenvalue weighted by Crippen LogP contribution is -2.65. The molecule has 0 unspecified atom stereocenters. The molecule has 104 heavy (non-hydrogen) atoms. The molecule has 5 nitrogen and oxygen atoms in total. The van der Waals surface area contributed by atoms with Gasteiger partial charge in [0.1, 0.15) is 5.82 Å². The van der Waals surface area contributed by atoms with Gasteiger partial charge >= 0.3 is 6.18 Å². The van der Waals surface area contributed by atoms with E-state index in [1.165, 1.54) is 11.0 Å². The molecule has 15 aromatic rings. The van der Waals surface area contributed by atoms with E-state index in [2.05, 4.69) is 123 Å². The third-order valence-electron chi connectivity index (χ3n) is 20.5. The van der Waals surface area contributed by atoms with Crippen LogP contribution in [0.25, 0.3) is 33.4 Å². The van der Waals surface area contributed by atoms with Crippen LogP contribution >= 0.6 is 11.8 Å². The van der Waals surface area contributed by atoms with E-state index in [-0.39, 0.29) is 27.5 Å². The molecule has 0 fully saturated rings. The van der Waals surface area contributed by atoms with Crippen molar-refractivity contribution in [2.45, 2.75) is 16.0 Å². The summed E-state index contributed by atoms with van der Waals surface area (Å²) in [5, 5.41) is 0. The Morgan fingerprint density at radius 3 is 1.30 bits per heavy atom. The Morgan fingerprint density at radius 1 is 0.308 bits per heavy atom. The number of halogens is 5. The van der Waals surface area contributed by atoms with Crippen molar-refractivity contribution in [3.63, 3.8) is 0 Å². The maximum absolute atomic E-state index is 18.8. The summed E-state index contributed by atoms with van der Waals surface area (Å²) in [6, 6.07) is 114. The number of hydrogen-bond acceptors (Lipinski definition) is 6. The molecule has 13 heteroatoms. The van der Waals surface area contributed by atoms with Crippen LogP contribution in [0.3, 0.4) is 0 Å². The largest absolute Gasteiger partial charge is 0.419 e. The lowest BCUT2D eigenvalue weighted by atomic mass is 9.30. The maximum atomic E-state index is 18.8. The Morgan fingerprint density at radius 2 is 0.740 bits per heavy atom. The van der Waals surface area contributed by atoms with Crippen LogP contribution in [0.15, 0.2) is 362 Å². The Hall–Kier alpha value is -12.6. The van der Waals surface area contributed by atoms with Crippen molar-refractivity contribution < 1.29 is 22.0 Å². The average molecular weight is 1370 g/mol. The molecule has 15 aromatic carbocycles. The predicted molar refractivity (Wildman–Crippen MR) is 421 cm³/mol. The Labute approximate surface area is 604 Å². The van der Waals surface area contributed by atoms with Crippen molar-refractivity contribution in [1.82, 2.24) is 0 Å². The summed E-state index contributed by atoms with van der Waals surface area (Å²) in [6.07, 6.45) is -5.14. The molecule has 0 spiro atoms. The van der Waals surface area contributed by atoms with E-state index in [1.807, 2.05) is 212 Å². The molecule has 4 aliphatic rings. The van der Waals surface area contributed by atoms with Gasteiger partial charge in [0.15, 0.2) is 5.82 Å². The molecule has 494 valence electrons. The molecule has 0 amide bonds. The van der Waals surface area contributed by atoms with Crippen molar-refractivity contribution in [3.8, 4) is 33.4 Å². The van der Waals surface area contributed by atoms with Crippen LogP contribution in [-0.4, -0.2) is 13.4 Å². The Bertz CT molecular complexity index is 5790. The smallest absolute Gasteiger partial charge is 0.311 e. The first-order valence-electron chi connectivity index (χ1n) is 34.7. The van der Waals surface area contributed by atoms with Crippen LogP contribution in [0.4, 0.5) is 107 Å². The molecule has 0 bridgehead atoms. The first-order chi connectivity index (χ1) is 51.1. The van der Waals surface area contributed by atoms with Crippen LogP contribution in [-0.2, 0) is 6.18 Å². The summed E-state index contributed by atoms with van der Waals surface area (Å²) in [5.41, 5.74) is 16.3. The molecule has 0 aliphatic carbocycles. The zero-order chi connectivity index (χ0) is 69.7. The molecule has 4 heterocycles. The molecule has 19 rings (SSSR count). The lowest BCUT2D eigenvalue weighted by molar-refractivity contribution is -0.139. The summed E-state index contributed by atoms with van der Waals surface area (Å²) >= 11 is 1.10. The van der Waals surface area contributed by atoms with Gasteiger partial charge in [-0.05, 0) is 159 Å². The zero-order valence-electron chi connectivity index (χ0n) is 55.7. The monoisotopic (exact) mass is 1370 g/mol. The summed E-state index contributed by atoms with van der Waals surface area (Å²) in [7, 11) is 0. The first kappa shape index (κ1) is 62.4. The predicted octanol–water partition coefficient (Wildman–Crippen LogP) is 21.8. The highest BCUT2D eigenvalue weighted by atomic mass is 32.2. The number of fused-ring (bicyclic) bond motifs is 8. The Balaban J connectivity index is 0.941. The molecular weight excluding hydrogens is 1310 g/mol. The number of alkyl halides is 3. The second kappa shape index (κ2) is 25.2. The normalized spacial score (nSPS) is 12.9. The number of para-hydroxylation sites is 7. The van der Waals surface area contributed by atoms with Gasteiger partial charge in [-0.15, -0.1) is 0 Å². The molecular formula is C91H58B2F5N5S. The van der Waals surface area contributed by atoms with E-state index < -0.39 is 36.8 Å². The van der Waals surface area contributed by atoms with Crippen molar-refractivity contribution in [3.05, 3.63) is 369 Å². The van der Waals surface area contributed by atoms with E-state index in [1.54, 1.807) is 24.3 Å². The highest BCUT2D eigenvalue weighted by Gasteiger charge is 2.53. The molecule has 0 saturated heterocycles. The standard InChI is InChI=1S/C91H58B2F5N5S/c94-63-52-72(62-32-12-3-13-33-62)88(77(95)53-63)103-82-55-69(99(64-34-14-4-15-35-64)65-36-16-5-17-37-65)54-81-86(82)92(73-43-23-26-46-79(73)101(81)66-38-18-6-19-39-66)75-58-76-90(85(89(75)103)91(96,97)98)104-84-57-70(56-83-87(84)93(76)74-44-24-27-47-80(74)102(83)67-40-20-7-21-41-67)100(68-50-48-60(49-51-68)59-28-8-1-9-29-59)78-45-25-22-42-71(78)61-30-10-2-11-31-61/h1-58H. The minimum atomic E-state index is -5.14. The van der Waals surface area contributed by atoms with Crippen molar-refractivity contribution in [1.29, 1.82) is 0 Å². The molecule has 0 atom stereocenters. The summed E-state index contributed by atoms with van der Waals surface area (Å²) in [6.45, 7) is -1.68. The summed E-state index contributed by atoms with van der Waals surface area (Å²) in [4.78, 5) is 10.8. The van der Waals surface area contributed by atoms with Crippen molar-refractivity contribution >= 4 is 143 Å². The highest BCUT2D eigenvalue weighted by molar-refractivity contribution is 8.00. The van der Waals surface area contributed by atoms with Gasteiger partial charge in [-0.25, -0.2) is 8.78 Å². The first-order valence-corrected chi connectivity index (χ1v) is 35.5. The van der Waals surface area contributed by atoms with Crippen molar-refractivity contribution in [2.24, 2.45) is 0 Å². The van der Waals surface area contributed by atoms with Gasteiger partial charge in [0.25, 0.3) is 6.71 Å². The van der Waals surface area contributed by atoms with Gasteiger partial charge in [-0.2, -0.15) is 13.2 Å². The second-order valence-corrected chi connectivity index (χ2v) is 27.5. The van der Waals surface area contributed by atoms with E-state index in [0.717, 1.165) is 108 Å². The SMILES string of the molecule is Fc1cc(F)c(N2c3cc(N(c4ccccc4)c4ccccc4)cc4c3B(c3ccccc3N4c3ccccc3)c3cc4c(c(C(F)(F)F)c32)Sc2cc(N(c3ccc(-c5ccccc5)cc3)c3ccccc3-c3ccccc3)cc3c2B4c2ccccc2N3c2ccccc2)c(-c2ccccc2)c1. The lowest BCUT2D eigenvalue weighted by Gasteiger charge is -2.47. The Kier molecular flexibility index (Phi) is 15.1. The number of nitrogens with zero attached hydrogens (tertiary/aromatic N) is 5. The number of benzene rings is 15. The molecule has 4 aliphatic heterocycles. The minimum absolute atomic E-state index is 0.0259. The third-order valence-corrected chi connectivity index (χ3v) is 21.7. The molecule has 0 radical (unpaired) electrons. The van der Waals surface area contributed by atoms with Crippen LogP contribution in [0.2, 0.25) is 0 Å². The van der Waals surface area contributed by atoms with Gasteiger partial charge in [0.05, 0.1) is 28.3 Å². The van der Waals surface area contributed by atoms with Crippen LogP contribution in [0, 0.1) is 11.6 Å². The van der Waals surface area contributed by atoms with Gasteiger partial charge in [0, 0.05) is 89.5 Å². The van der Waals surface area contributed by atoms with E-state index in [4.69, 9.17) is 0 Å². The average Bonchev–Trinajstić information content (AvgIpc) is 0.678. The second-order valence-electron chi connectivity index (χ2n) is 26.4. The van der Waals surface area contributed by atoms with Gasteiger partial charge in [0.2, 0.25) is 6.71 Å². The maximum Gasteiger partial charge on any atom is 0.419 e. The van der Waals surface area contributed by atoms with E-state index in [9.17, 15) is 0 Å². The topological polar surface area (TPSA) is 16.2 Å². The quantitative estimate of drug-likeness (QED) is 0.0889. The van der Waals surface area contributed by atoms with Gasteiger partial charge in [-0.3, -0.25) is 0 Å². The molecule has 0 saturated carbocycles. The fraction of sp³-hybridized carbons (Fsp3) is 0.0110. The van der Waals surface area contributed by atoms with Crippen molar-refractivity contribution in [2.75, 3.05) is 24.5 Å². The zero-order valence-corrected chi connectivity index (χ0v) is 56.5. The van der Waals surface area contributed by atoms with E-state index >= 15 is 22.0 Å². The number of rotatable bonds is 12. The third kappa shape index (κ3) is 10.3. The molecule has 0 aromatic heterocycles. The summed E-state index contributed by atoms with van der Waals surface area (Å²) < 4.78 is 91.3. The van der Waals surface area contributed by atoms with Crippen LogP contribution in [0.5, 0.6) is 0 Å². The fourth-order valence-corrected chi connectivity index (χ4v) is 17.7. The van der Waals surface area contributed by atoms with Crippen LogP contribution < -0.4 is 57.3 Å². The van der Waals surface area contributed by atoms with Gasteiger partial charge in [-0.1, -0.05) is 254 Å². The van der Waals surface area contributed by atoms with Crippen LogP contribution in [0.1, 0.15) is 5.56 Å². The van der Waals surface area contributed by atoms with Gasteiger partial charge < -0.3 is 24.5 Å². The molecule has 0 N–H and O–H groups in total. The summed E-state index contributed by atoms with van der Waals surface area (Å²) in [5.74, 6) is -1.92. The minimum Gasteiger partial charge on any atom is -0.311 e. The fourth-order valence-electron chi connectivity index (χ4n) is 16.3. The number of anilines is 15.